The second-order valence-electron chi connectivity index (χ2n) is 11.3. The highest BCUT2D eigenvalue weighted by Crippen LogP contribution is 2.72. The second-order valence-corrected chi connectivity index (χ2v) is 13.0. The van der Waals surface area contributed by atoms with Crippen LogP contribution >= 0.6 is 7.82 Å². The monoisotopic (exact) mass is 582 g/mol. The number of nitrogens with zero attached hydrogens (tertiary/aromatic N) is 1. The minimum Gasteiger partial charge on any atom is -0.437 e. The number of ether oxygens (including phenoxy) is 3. The zero-order valence-electron chi connectivity index (χ0n) is 22.4. The van der Waals surface area contributed by atoms with Gasteiger partial charge in [0.2, 0.25) is 13.6 Å². The van der Waals surface area contributed by atoms with Crippen molar-refractivity contribution < 1.29 is 56.5 Å². The van der Waals surface area contributed by atoms with Gasteiger partial charge in [0, 0.05) is 12.3 Å². The first-order valence-electron chi connectivity index (χ1n) is 11.6. The lowest BCUT2D eigenvalue weighted by Gasteiger charge is -2.32. The van der Waals surface area contributed by atoms with E-state index in [9.17, 15) is 34.0 Å². The summed E-state index contributed by atoms with van der Waals surface area (Å²) in [5.74, 6) is -4.78. The summed E-state index contributed by atoms with van der Waals surface area (Å²) in [6.07, 6.45) is -3.15. The van der Waals surface area contributed by atoms with Gasteiger partial charge < -0.3 is 24.4 Å². The SMILES string of the molecule is CC(C)(C)C(=O)OCOP(=O)(OCOC(=O)C(C)(C)C)OC1[C@]2(O)[C@@](C)(O)C(n3ccc(=O)[nH]c3=O)O[C@]12F. The molecule has 1 aliphatic carbocycles. The largest absolute Gasteiger partial charge is 0.481 e. The molecule has 39 heavy (non-hydrogen) atoms. The molecule has 2 aliphatic rings. The Balaban J connectivity index is 1.81. The summed E-state index contributed by atoms with van der Waals surface area (Å²) in [5, 5.41) is 22.1. The Bertz CT molecular complexity index is 1260. The molecule has 1 aromatic rings. The number of nitrogens with one attached hydrogen (secondary N) is 1. The van der Waals surface area contributed by atoms with Gasteiger partial charge in [0.15, 0.2) is 17.9 Å². The standard InChI is InChI=1S/C22H32FN2O13P/c1-18(2,3)15(27)33-10-35-39(32,36-11-34-16(28)19(4,5)6)38-13-21(31)20(7,30)14(37-22(13,21)23)25-9-8-12(26)24-17(25)29/h8-9,13-14,30-31H,10-11H2,1-7H3,(H,24,26,29)/t13?,14?,20-,21-,22+/m0/s1. The topological polar surface area (TPSA) is 202 Å². The van der Waals surface area contributed by atoms with Crippen molar-refractivity contribution in [3.8, 4) is 0 Å². The molecule has 0 amide bonds. The summed E-state index contributed by atoms with van der Waals surface area (Å²) in [5.41, 5.74) is -9.31. The first kappa shape index (κ1) is 31.1. The fourth-order valence-corrected chi connectivity index (χ4v) is 4.74. The number of rotatable bonds is 9. The lowest BCUT2D eigenvalue weighted by Crippen LogP contribution is -2.51. The maximum absolute atomic E-state index is 15.8. The summed E-state index contributed by atoms with van der Waals surface area (Å²) in [6, 6.07) is 0.904. The number of esters is 2. The molecule has 0 radical (unpaired) electrons. The van der Waals surface area contributed by atoms with Crippen molar-refractivity contribution in [3.63, 3.8) is 0 Å². The third-order valence-corrected chi connectivity index (χ3v) is 7.37. The number of carbonyl (C=O) groups is 2. The molecule has 3 rings (SSSR count). The van der Waals surface area contributed by atoms with Gasteiger partial charge in [0.25, 0.3) is 11.4 Å². The molecule has 0 bridgehead atoms. The number of phosphoric ester groups is 1. The average Bonchev–Trinajstić information content (AvgIpc) is 3.18. The van der Waals surface area contributed by atoms with Gasteiger partial charge in [-0.1, -0.05) is 0 Å². The molecule has 1 aromatic heterocycles. The summed E-state index contributed by atoms with van der Waals surface area (Å²) in [6.45, 7) is 8.11. The number of alkyl halides is 1. The average molecular weight is 582 g/mol. The van der Waals surface area contributed by atoms with E-state index in [2.05, 4.69) is 0 Å². The summed E-state index contributed by atoms with van der Waals surface area (Å²) < 4.78 is 59.6. The summed E-state index contributed by atoms with van der Waals surface area (Å²) >= 11 is 0. The first-order chi connectivity index (χ1) is 17.6. The molecule has 17 heteroatoms. The van der Waals surface area contributed by atoms with Crippen LogP contribution in [0.5, 0.6) is 0 Å². The van der Waals surface area contributed by atoms with Gasteiger partial charge in [-0.15, -0.1) is 0 Å². The molecule has 0 spiro atoms. The van der Waals surface area contributed by atoms with Crippen molar-refractivity contribution in [2.75, 3.05) is 13.6 Å². The molecule has 2 heterocycles. The molecule has 3 N–H and O–H groups in total. The highest BCUT2D eigenvalue weighted by Gasteiger charge is 2.95. The van der Waals surface area contributed by atoms with Gasteiger partial charge in [-0.2, -0.15) is 0 Å². The number of aliphatic hydroxyl groups is 2. The molecule has 15 nitrogen and oxygen atoms in total. The molecule has 1 saturated carbocycles. The molecule has 2 fully saturated rings. The van der Waals surface area contributed by atoms with Gasteiger partial charge in [0.1, 0.15) is 5.60 Å². The van der Waals surface area contributed by atoms with Gasteiger partial charge >= 0.3 is 25.5 Å². The summed E-state index contributed by atoms with van der Waals surface area (Å²) in [4.78, 5) is 49.5. The van der Waals surface area contributed by atoms with Crippen LogP contribution in [0.15, 0.2) is 21.9 Å². The van der Waals surface area contributed by atoms with Crippen molar-refractivity contribution >= 4 is 19.8 Å². The molecule has 5 atom stereocenters. The van der Waals surface area contributed by atoms with E-state index in [1.807, 2.05) is 4.98 Å². The number of aromatic nitrogens is 2. The molecule has 1 aliphatic heterocycles. The number of H-pyrrole nitrogens is 1. The van der Waals surface area contributed by atoms with Crippen LogP contribution in [0.4, 0.5) is 4.39 Å². The number of aromatic amines is 1. The fourth-order valence-electron chi connectivity index (χ4n) is 3.63. The second kappa shape index (κ2) is 9.87. The van der Waals surface area contributed by atoms with Crippen molar-refractivity contribution in [1.29, 1.82) is 0 Å². The van der Waals surface area contributed by atoms with Crippen molar-refractivity contribution in [1.82, 2.24) is 9.55 Å². The van der Waals surface area contributed by atoms with Crippen LogP contribution in [0.1, 0.15) is 54.7 Å². The van der Waals surface area contributed by atoms with Gasteiger partial charge in [0.05, 0.1) is 10.8 Å². The molecule has 220 valence electrons. The Morgan fingerprint density at radius 3 is 1.95 bits per heavy atom. The molecule has 0 aromatic carbocycles. The lowest BCUT2D eigenvalue weighted by atomic mass is 9.95. The quantitative estimate of drug-likeness (QED) is 0.210. The van der Waals surface area contributed by atoms with Gasteiger partial charge in [-0.25, -0.2) is 22.8 Å². The van der Waals surface area contributed by atoms with Crippen LogP contribution < -0.4 is 11.2 Å². The zero-order valence-corrected chi connectivity index (χ0v) is 23.3. The normalized spacial score (nSPS) is 30.5. The van der Waals surface area contributed by atoms with E-state index in [0.29, 0.717) is 4.57 Å². The van der Waals surface area contributed by atoms with Crippen LogP contribution in [0.2, 0.25) is 0 Å². The maximum Gasteiger partial charge on any atom is 0.481 e. The Kier molecular flexibility index (Phi) is 7.86. The van der Waals surface area contributed by atoms with Crippen LogP contribution in [-0.2, 0) is 41.9 Å². The summed E-state index contributed by atoms with van der Waals surface area (Å²) in [7, 11) is -4.99. The molecular formula is C22H32FN2O13P. The molecule has 1 saturated heterocycles. The van der Waals surface area contributed by atoms with Crippen LogP contribution in [0.25, 0.3) is 0 Å². The highest BCUT2D eigenvalue weighted by molar-refractivity contribution is 7.48. The number of halogens is 1. The number of hydrogen-bond acceptors (Lipinski definition) is 13. The fraction of sp³-hybridized carbons (Fsp3) is 0.727. The van der Waals surface area contributed by atoms with Crippen molar-refractivity contribution in [3.05, 3.63) is 33.1 Å². The lowest BCUT2D eigenvalue weighted by molar-refractivity contribution is -0.185. The first-order valence-corrected chi connectivity index (χ1v) is 13.1. The van der Waals surface area contributed by atoms with Crippen LogP contribution in [0, 0.1) is 10.8 Å². The van der Waals surface area contributed by atoms with E-state index < -0.39 is 84.8 Å². The van der Waals surface area contributed by atoms with Gasteiger partial charge in [-0.05, 0) is 48.5 Å². The third-order valence-electron chi connectivity index (χ3n) is 6.05. The zero-order chi connectivity index (χ0) is 29.8. The Hall–Kier alpha value is -2.46. The maximum atomic E-state index is 15.8. The number of phosphoric acid groups is 1. The van der Waals surface area contributed by atoms with E-state index in [1.54, 1.807) is 0 Å². The van der Waals surface area contributed by atoms with E-state index in [4.69, 9.17) is 27.8 Å². The van der Waals surface area contributed by atoms with Crippen LogP contribution in [-0.4, -0.2) is 68.4 Å². The number of hydrogen-bond donors (Lipinski definition) is 3. The smallest absolute Gasteiger partial charge is 0.437 e. The van der Waals surface area contributed by atoms with E-state index in [0.717, 1.165) is 19.2 Å². The number of fused-ring (bicyclic) bond motifs is 1. The van der Waals surface area contributed by atoms with Gasteiger partial charge in [-0.3, -0.25) is 28.5 Å². The number of carbonyl (C=O) groups excluding carboxylic acids is 2. The van der Waals surface area contributed by atoms with E-state index >= 15 is 4.39 Å². The van der Waals surface area contributed by atoms with E-state index in [-0.39, 0.29) is 0 Å². The third kappa shape index (κ3) is 5.59. The predicted octanol–water partition coefficient (Wildman–Crippen LogP) is 0.847. The highest BCUT2D eigenvalue weighted by atomic mass is 31.2. The Labute approximate surface area is 221 Å². The van der Waals surface area contributed by atoms with Crippen LogP contribution in [0.3, 0.4) is 0 Å². The molecule has 2 unspecified atom stereocenters. The van der Waals surface area contributed by atoms with Crippen molar-refractivity contribution in [2.45, 2.75) is 77.9 Å². The molecular weight excluding hydrogens is 550 g/mol. The minimum atomic E-state index is -4.99. The van der Waals surface area contributed by atoms with E-state index in [1.165, 1.54) is 41.5 Å². The minimum absolute atomic E-state index is 0.633. The predicted molar refractivity (Wildman–Crippen MR) is 126 cm³/mol. The van der Waals surface area contributed by atoms with Crippen molar-refractivity contribution in [2.24, 2.45) is 10.8 Å². The Morgan fingerprint density at radius 1 is 1.08 bits per heavy atom. The Morgan fingerprint density at radius 2 is 1.56 bits per heavy atom.